The summed E-state index contributed by atoms with van der Waals surface area (Å²) >= 11 is 1.79. The molecule has 2 rings (SSSR count). The van der Waals surface area contributed by atoms with Gasteiger partial charge in [-0.3, -0.25) is 5.32 Å². The standard InChI is InChI=1S/C14H24N4OS/c1-10-9-13(16-14(19)15-7-4-8-20-3)18(17-10)11(2)12-5-6-12/h9,11-12H,4-8H2,1-3H3,(H2,15,16,19)/t11-/m0/s1. The van der Waals surface area contributed by atoms with Gasteiger partial charge in [0.15, 0.2) is 0 Å². The van der Waals surface area contributed by atoms with E-state index < -0.39 is 0 Å². The van der Waals surface area contributed by atoms with Gasteiger partial charge in [-0.1, -0.05) is 0 Å². The van der Waals surface area contributed by atoms with Crippen LogP contribution in [0.5, 0.6) is 0 Å². The van der Waals surface area contributed by atoms with Crippen molar-refractivity contribution in [1.29, 1.82) is 0 Å². The molecule has 0 bridgehead atoms. The van der Waals surface area contributed by atoms with Crippen molar-refractivity contribution in [3.63, 3.8) is 0 Å². The molecular weight excluding hydrogens is 272 g/mol. The summed E-state index contributed by atoms with van der Waals surface area (Å²) < 4.78 is 1.95. The van der Waals surface area contributed by atoms with E-state index in [1.807, 2.05) is 17.7 Å². The minimum Gasteiger partial charge on any atom is -0.338 e. The number of carbonyl (C=O) groups excluding carboxylic acids is 1. The van der Waals surface area contributed by atoms with Crippen LogP contribution in [0.15, 0.2) is 6.07 Å². The molecule has 0 unspecified atom stereocenters. The zero-order valence-electron chi connectivity index (χ0n) is 12.5. The summed E-state index contributed by atoms with van der Waals surface area (Å²) in [6.45, 7) is 4.83. The van der Waals surface area contributed by atoms with Gasteiger partial charge in [-0.25, -0.2) is 9.48 Å². The zero-order valence-corrected chi connectivity index (χ0v) is 13.3. The Morgan fingerprint density at radius 3 is 3.00 bits per heavy atom. The maximum absolute atomic E-state index is 11.9. The lowest BCUT2D eigenvalue weighted by molar-refractivity contribution is 0.252. The number of anilines is 1. The van der Waals surface area contributed by atoms with Crippen molar-refractivity contribution in [2.75, 3.05) is 23.9 Å². The first kappa shape index (κ1) is 15.2. The van der Waals surface area contributed by atoms with Crippen LogP contribution in [0.3, 0.4) is 0 Å². The van der Waals surface area contributed by atoms with E-state index in [9.17, 15) is 4.79 Å². The Balaban J connectivity index is 1.89. The average molecular weight is 296 g/mol. The fraction of sp³-hybridized carbons (Fsp3) is 0.714. The van der Waals surface area contributed by atoms with Crippen LogP contribution in [-0.4, -0.2) is 34.4 Å². The van der Waals surface area contributed by atoms with Crippen molar-refractivity contribution in [3.8, 4) is 0 Å². The van der Waals surface area contributed by atoms with Crippen LogP contribution in [0.1, 0.15) is 37.9 Å². The highest BCUT2D eigenvalue weighted by molar-refractivity contribution is 7.98. The number of carbonyl (C=O) groups is 1. The van der Waals surface area contributed by atoms with Gasteiger partial charge in [-0.2, -0.15) is 16.9 Å². The molecule has 0 spiro atoms. The van der Waals surface area contributed by atoms with Gasteiger partial charge in [-0.15, -0.1) is 0 Å². The van der Waals surface area contributed by atoms with Crippen molar-refractivity contribution in [3.05, 3.63) is 11.8 Å². The number of aromatic nitrogens is 2. The van der Waals surface area contributed by atoms with E-state index in [0.717, 1.165) is 23.7 Å². The van der Waals surface area contributed by atoms with Crippen molar-refractivity contribution in [1.82, 2.24) is 15.1 Å². The van der Waals surface area contributed by atoms with Gasteiger partial charge in [0.2, 0.25) is 0 Å². The molecule has 0 radical (unpaired) electrons. The van der Waals surface area contributed by atoms with Crippen molar-refractivity contribution < 1.29 is 4.79 Å². The quantitative estimate of drug-likeness (QED) is 0.760. The third-order valence-electron chi connectivity index (χ3n) is 3.60. The first-order valence-corrected chi connectivity index (χ1v) is 8.61. The number of hydrogen-bond acceptors (Lipinski definition) is 3. The highest BCUT2D eigenvalue weighted by Crippen LogP contribution is 2.40. The fourth-order valence-corrected chi connectivity index (χ4v) is 2.71. The number of nitrogens with zero attached hydrogens (tertiary/aromatic N) is 2. The molecule has 2 amide bonds. The van der Waals surface area contributed by atoms with E-state index >= 15 is 0 Å². The van der Waals surface area contributed by atoms with Gasteiger partial charge in [0, 0.05) is 12.6 Å². The lowest BCUT2D eigenvalue weighted by Crippen LogP contribution is -2.31. The van der Waals surface area contributed by atoms with E-state index in [1.165, 1.54) is 12.8 Å². The Morgan fingerprint density at radius 2 is 2.35 bits per heavy atom. The molecule has 5 nitrogen and oxygen atoms in total. The maximum Gasteiger partial charge on any atom is 0.320 e. The number of nitrogens with one attached hydrogen (secondary N) is 2. The van der Waals surface area contributed by atoms with Gasteiger partial charge in [0.1, 0.15) is 5.82 Å². The number of thioether (sulfide) groups is 1. The van der Waals surface area contributed by atoms with Crippen molar-refractivity contribution >= 4 is 23.6 Å². The minimum absolute atomic E-state index is 0.143. The summed E-state index contributed by atoms with van der Waals surface area (Å²) in [6, 6.07) is 2.14. The molecule has 20 heavy (non-hydrogen) atoms. The third-order valence-corrected chi connectivity index (χ3v) is 4.30. The topological polar surface area (TPSA) is 59.0 Å². The molecule has 0 aromatic carbocycles. The molecular formula is C14H24N4OS. The smallest absolute Gasteiger partial charge is 0.320 e. The minimum atomic E-state index is -0.143. The predicted octanol–water partition coefficient (Wildman–Crippen LogP) is 3.04. The molecule has 1 heterocycles. The molecule has 2 N–H and O–H groups in total. The zero-order chi connectivity index (χ0) is 14.5. The highest BCUT2D eigenvalue weighted by Gasteiger charge is 2.31. The normalized spacial score (nSPS) is 15.9. The van der Waals surface area contributed by atoms with Crippen LogP contribution >= 0.6 is 11.8 Å². The van der Waals surface area contributed by atoms with E-state index in [1.54, 1.807) is 11.8 Å². The van der Waals surface area contributed by atoms with Crippen molar-refractivity contribution in [2.45, 2.75) is 39.2 Å². The number of urea groups is 1. The molecule has 1 atom stereocenters. The second kappa shape index (κ2) is 7.02. The Labute approximate surface area is 124 Å². The van der Waals surface area contributed by atoms with Crippen LogP contribution in [-0.2, 0) is 0 Å². The Hall–Kier alpha value is -1.17. The Bertz CT molecular complexity index is 456. The maximum atomic E-state index is 11.9. The van der Waals surface area contributed by atoms with Crippen LogP contribution in [0.25, 0.3) is 0 Å². The van der Waals surface area contributed by atoms with Gasteiger partial charge in [0.25, 0.3) is 0 Å². The molecule has 1 aliphatic rings. The van der Waals surface area contributed by atoms with Crippen LogP contribution in [0, 0.1) is 12.8 Å². The van der Waals surface area contributed by atoms with Gasteiger partial charge >= 0.3 is 6.03 Å². The number of amides is 2. The summed E-state index contributed by atoms with van der Waals surface area (Å²) in [6.07, 6.45) is 5.59. The first-order valence-electron chi connectivity index (χ1n) is 7.21. The molecule has 1 fully saturated rings. The largest absolute Gasteiger partial charge is 0.338 e. The molecule has 0 saturated heterocycles. The summed E-state index contributed by atoms with van der Waals surface area (Å²) in [4.78, 5) is 11.9. The molecule has 6 heteroatoms. The van der Waals surface area contributed by atoms with Crippen LogP contribution < -0.4 is 10.6 Å². The van der Waals surface area contributed by atoms with Gasteiger partial charge in [0.05, 0.1) is 11.7 Å². The third kappa shape index (κ3) is 4.16. The van der Waals surface area contributed by atoms with Gasteiger partial charge in [-0.05, 0) is 51.0 Å². The second-order valence-corrected chi connectivity index (χ2v) is 6.41. The molecule has 112 valence electrons. The van der Waals surface area contributed by atoms with E-state index in [0.29, 0.717) is 18.5 Å². The number of aryl methyl sites for hydroxylation is 1. The Morgan fingerprint density at radius 1 is 1.60 bits per heavy atom. The Kier molecular flexibility index (Phi) is 5.34. The fourth-order valence-electron chi connectivity index (χ4n) is 2.28. The number of rotatable bonds is 7. The van der Waals surface area contributed by atoms with Gasteiger partial charge < -0.3 is 5.32 Å². The predicted molar refractivity (Wildman–Crippen MR) is 84.4 cm³/mol. The van der Waals surface area contributed by atoms with Crippen LogP contribution in [0.2, 0.25) is 0 Å². The lowest BCUT2D eigenvalue weighted by Gasteiger charge is -2.15. The highest BCUT2D eigenvalue weighted by atomic mass is 32.2. The molecule has 1 aromatic heterocycles. The second-order valence-electron chi connectivity index (χ2n) is 5.42. The molecule has 1 aromatic rings. The lowest BCUT2D eigenvalue weighted by atomic mass is 10.2. The molecule has 1 saturated carbocycles. The van der Waals surface area contributed by atoms with E-state index in [-0.39, 0.29) is 6.03 Å². The number of hydrogen-bond donors (Lipinski definition) is 2. The van der Waals surface area contributed by atoms with Crippen LogP contribution in [0.4, 0.5) is 10.6 Å². The van der Waals surface area contributed by atoms with Crippen molar-refractivity contribution in [2.24, 2.45) is 5.92 Å². The SMILES string of the molecule is CSCCCNC(=O)Nc1cc(C)nn1[C@@H](C)C1CC1. The summed E-state index contributed by atoms with van der Waals surface area (Å²) in [5, 5.41) is 10.3. The summed E-state index contributed by atoms with van der Waals surface area (Å²) in [5.74, 6) is 2.57. The molecule has 1 aliphatic carbocycles. The summed E-state index contributed by atoms with van der Waals surface area (Å²) in [7, 11) is 0. The van der Waals surface area contributed by atoms with E-state index in [4.69, 9.17) is 0 Å². The average Bonchev–Trinajstić information content (AvgIpc) is 3.19. The monoisotopic (exact) mass is 296 g/mol. The molecule has 0 aliphatic heterocycles. The first-order chi connectivity index (χ1) is 9.61. The van der Waals surface area contributed by atoms with E-state index in [2.05, 4.69) is 28.9 Å². The summed E-state index contributed by atoms with van der Waals surface area (Å²) in [5.41, 5.74) is 0.940.